The van der Waals surface area contributed by atoms with E-state index in [0.29, 0.717) is 11.3 Å². The van der Waals surface area contributed by atoms with Crippen molar-refractivity contribution in [3.05, 3.63) is 40.7 Å². The molecule has 140 valence electrons. The molecule has 0 unspecified atom stereocenters. The summed E-state index contributed by atoms with van der Waals surface area (Å²) in [4.78, 5) is 22.8. The summed E-state index contributed by atoms with van der Waals surface area (Å²) in [5.74, 6) is -2.90. The molecule has 0 aliphatic rings. The highest BCUT2D eigenvalue weighted by molar-refractivity contribution is 7.93. The van der Waals surface area contributed by atoms with E-state index in [9.17, 15) is 27.5 Å². The number of carbonyl (C=O) groups is 2. The predicted molar refractivity (Wildman–Crippen MR) is 94.6 cm³/mol. The van der Waals surface area contributed by atoms with Crippen LogP contribution in [0.1, 0.15) is 24.2 Å². The Labute approximate surface area is 157 Å². The van der Waals surface area contributed by atoms with Crippen molar-refractivity contribution in [2.45, 2.75) is 28.6 Å². The van der Waals surface area contributed by atoms with E-state index < -0.39 is 42.2 Å². The molecule has 0 radical (unpaired) electrons. The SMILES string of the molecule is CC(C)(O)C(=O)Nc1sc(S(=O)(=O)c2cc(Cl)ccc2F)cc1C(N)=O. The molecule has 4 N–H and O–H groups in total. The molecule has 0 aliphatic carbocycles. The van der Waals surface area contributed by atoms with E-state index in [1.54, 1.807) is 0 Å². The molecule has 0 saturated heterocycles. The highest BCUT2D eigenvalue weighted by Crippen LogP contribution is 2.36. The monoisotopic (exact) mass is 420 g/mol. The molecule has 2 aromatic rings. The van der Waals surface area contributed by atoms with E-state index in [0.717, 1.165) is 18.2 Å². The molecule has 11 heteroatoms. The molecule has 1 aromatic carbocycles. The first-order valence-electron chi connectivity index (χ1n) is 7.01. The minimum atomic E-state index is -4.36. The highest BCUT2D eigenvalue weighted by atomic mass is 35.5. The third kappa shape index (κ3) is 4.04. The Morgan fingerprint density at radius 2 is 1.92 bits per heavy atom. The Balaban J connectivity index is 2.57. The lowest BCUT2D eigenvalue weighted by Gasteiger charge is -2.16. The summed E-state index contributed by atoms with van der Waals surface area (Å²) < 4.78 is 38.9. The smallest absolute Gasteiger partial charge is 0.256 e. The van der Waals surface area contributed by atoms with Gasteiger partial charge < -0.3 is 16.2 Å². The van der Waals surface area contributed by atoms with Gasteiger partial charge in [0, 0.05) is 5.02 Å². The molecule has 2 rings (SSSR count). The van der Waals surface area contributed by atoms with Gasteiger partial charge in [0.25, 0.3) is 11.8 Å². The van der Waals surface area contributed by atoms with Gasteiger partial charge in [0.1, 0.15) is 25.5 Å². The van der Waals surface area contributed by atoms with Crippen LogP contribution in [-0.2, 0) is 14.6 Å². The number of anilines is 1. The second kappa shape index (κ2) is 6.95. The van der Waals surface area contributed by atoms with Crippen molar-refractivity contribution in [2.75, 3.05) is 5.32 Å². The molecule has 26 heavy (non-hydrogen) atoms. The predicted octanol–water partition coefficient (Wildman–Crippen LogP) is 2.18. The first kappa shape index (κ1) is 20.3. The Morgan fingerprint density at radius 3 is 2.46 bits per heavy atom. The third-order valence-corrected chi connectivity index (χ3v) is 6.73. The van der Waals surface area contributed by atoms with Crippen LogP contribution in [0.5, 0.6) is 0 Å². The van der Waals surface area contributed by atoms with Gasteiger partial charge in [0.15, 0.2) is 0 Å². The molecule has 0 spiro atoms. The lowest BCUT2D eigenvalue weighted by Crippen LogP contribution is -2.36. The zero-order chi connectivity index (χ0) is 19.9. The number of primary amides is 1. The largest absolute Gasteiger partial charge is 0.381 e. The van der Waals surface area contributed by atoms with Crippen molar-refractivity contribution >= 4 is 49.6 Å². The quantitative estimate of drug-likeness (QED) is 0.683. The molecular formula is C15H14ClFN2O5S2. The molecule has 0 saturated carbocycles. The Morgan fingerprint density at radius 1 is 1.31 bits per heavy atom. The lowest BCUT2D eigenvalue weighted by molar-refractivity contribution is -0.130. The van der Waals surface area contributed by atoms with E-state index >= 15 is 0 Å². The van der Waals surface area contributed by atoms with Gasteiger partial charge in [-0.1, -0.05) is 11.6 Å². The first-order chi connectivity index (χ1) is 11.8. The summed E-state index contributed by atoms with van der Waals surface area (Å²) in [7, 11) is -4.36. The van der Waals surface area contributed by atoms with Crippen molar-refractivity contribution in [3.8, 4) is 0 Å². The van der Waals surface area contributed by atoms with Crippen molar-refractivity contribution in [3.63, 3.8) is 0 Å². The van der Waals surface area contributed by atoms with E-state index in [2.05, 4.69) is 5.32 Å². The number of carbonyl (C=O) groups excluding carboxylic acids is 2. The minimum absolute atomic E-state index is 0.00668. The number of hydrogen-bond donors (Lipinski definition) is 3. The Hall–Kier alpha value is -2.01. The molecule has 0 aliphatic heterocycles. The van der Waals surface area contributed by atoms with E-state index in [1.807, 2.05) is 0 Å². The fourth-order valence-corrected chi connectivity index (χ4v) is 4.91. The normalized spacial score (nSPS) is 12.0. The average molecular weight is 421 g/mol. The number of amides is 2. The fraction of sp³-hybridized carbons (Fsp3) is 0.200. The maximum Gasteiger partial charge on any atom is 0.256 e. The molecule has 0 bridgehead atoms. The van der Waals surface area contributed by atoms with Crippen LogP contribution >= 0.6 is 22.9 Å². The summed E-state index contributed by atoms with van der Waals surface area (Å²) in [6.45, 7) is 2.41. The van der Waals surface area contributed by atoms with Gasteiger partial charge in [0.05, 0.1) is 5.56 Å². The molecule has 7 nitrogen and oxygen atoms in total. The molecule has 1 heterocycles. The zero-order valence-electron chi connectivity index (χ0n) is 13.5. The average Bonchev–Trinajstić information content (AvgIpc) is 2.93. The summed E-state index contributed by atoms with van der Waals surface area (Å²) in [6, 6.07) is 3.95. The van der Waals surface area contributed by atoms with Crippen LogP contribution < -0.4 is 11.1 Å². The number of hydrogen-bond acceptors (Lipinski definition) is 6. The van der Waals surface area contributed by atoms with Crippen LogP contribution in [0.3, 0.4) is 0 Å². The van der Waals surface area contributed by atoms with Gasteiger partial charge in [-0.05, 0) is 38.1 Å². The van der Waals surface area contributed by atoms with Crippen LogP contribution in [0.2, 0.25) is 5.02 Å². The summed E-state index contributed by atoms with van der Waals surface area (Å²) in [5.41, 5.74) is 3.15. The Kier molecular flexibility index (Phi) is 5.43. The number of sulfone groups is 1. The maximum atomic E-state index is 14.0. The summed E-state index contributed by atoms with van der Waals surface area (Å²) in [5, 5.41) is 11.8. The minimum Gasteiger partial charge on any atom is -0.381 e. The molecule has 0 fully saturated rings. The standard InChI is InChI=1S/C15H14ClFN2O5S2/c1-15(2,22)14(21)19-13-8(12(18)20)6-11(25-13)26(23,24)10-5-7(16)3-4-9(10)17/h3-6,22H,1-2H3,(H2,18,20)(H,19,21). The third-order valence-electron chi connectivity index (χ3n) is 3.21. The topological polar surface area (TPSA) is 127 Å². The van der Waals surface area contributed by atoms with Gasteiger partial charge in [-0.15, -0.1) is 11.3 Å². The van der Waals surface area contributed by atoms with E-state index in [4.69, 9.17) is 17.3 Å². The van der Waals surface area contributed by atoms with Gasteiger partial charge in [-0.25, -0.2) is 12.8 Å². The number of nitrogens with one attached hydrogen (secondary N) is 1. The van der Waals surface area contributed by atoms with Crippen molar-refractivity contribution < 1.29 is 27.5 Å². The van der Waals surface area contributed by atoms with Crippen LogP contribution in [-0.4, -0.2) is 30.9 Å². The van der Waals surface area contributed by atoms with E-state index in [-0.39, 0.29) is 15.6 Å². The molecular weight excluding hydrogens is 407 g/mol. The zero-order valence-corrected chi connectivity index (χ0v) is 15.9. The van der Waals surface area contributed by atoms with Crippen molar-refractivity contribution in [1.29, 1.82) is 0 Å². The highest BCUT2D eigenvalue weighted by Gasteiger charge is 2.30. The number of aliphatic hydroxyl groups is 1. The lowest BCUT2D eigenvalue weighted by atomic mass is 10.1. The number of thiophene rings is 1. The summed E-state index contributed by atoms with van der Waals surface area (Å²) >= 11 is 6.24. The van der Waals surface area contributed by atoms with Gasteiger partial charge >= 0.3 is 0 Å². The van der Waals surface area contributed by atoms with Crippen molar-refractivity contribution in [1.82, 2.24) is 0 Å². The fourth-order valence-electron chi connectivity index (χ4n) is 1.82. The van der Waals surface area contributed by atoms with Gasteiger partial charge in [-0.3, -0.25) is 9.59 Å². The first-order valence-corrected chi connectivity index (χ1v) is 9.69. The maximum absolute atomic E-state index is 14.0. The van der Waals surface area contributed by atoms with Gasteiger partial charge in [0.2, 0.25) is 9.84 Å². The van der Waals surface area contributed by atoms with Crippen LogP contribution in [0, 0.1) is 5.82 Å². The number of halogens is 2. The molecule has 2 amide bonds. The summed E-state index contributed by atoms with van der Waals surface area (Å²) in [6.07, 6.45) is 0. The number of rotatable bonds is 5. The van der Waals surface area contributed by atoms with Gasteiger partial charge in [-0.2, -0.15) is 0 Å². The van der Waals surface area contributed by atoms with Crippen LogP contribution in [0.4, 0.5) is 9.39 Å². The van der Waals surface area contributed by atoms with Crippen LogP contribution in [0.15, 0.2) is 33.4 Å². The molecule has 1 aromatic heterocycles. The Bertz CT molecular complexity index is 996. The van der Waals surface area contributed by atoms with Crippen LogP contribution in [0.25, 0.3) is 0 Å². The second-order valence-electron chi connectivity index (χ2n) is 5.76. The number of nitrogens with two attached hydrogens (primary N) is 1. The second-order valence-corrected chi connectivity index (χ2v) is 9.40. The van der Waals surface area contributed by atoms with E-state index in [1.165, 1.54) is 19.9 Å². The van der Waals surface area contributed by atoms with Crippen molar-refractivity contribution in [2.24, 2.45) is 5.73 Å². The molecule has 0 atom stereocenters. The number of benzene rings is 1.